The van der Waals surface area contributed by atoms with Gasteiger partial charge in [0.05, 0.1) is 0 Å². The van der Waals surface area contributed by atoms with Crippen LogP contribution in [-0.2, 0) is 0 Å². The van der Waals surface area contributed by atoms with Gasteiger partial charge in [-0.1, -0.05) is 27.0 Å². The summed E-state index contributed by atoms with van der Waals surface area (Å²) < 4.78 is 0. The quantitative estimate of drug-likeness (QED) is 0.643. The molecule has 0 radical (unpaired) electrons. The molecule has 1 heterocycles. The molecule has 0 atom stereocenters. The zero-order valence-electron chi connectivity index (χ0n) is 8.16. The molecule has 0 aliphatic carbocycles. The first-order chi connectivity index (χ1) is 6.34. The van der Waals surface area contributed by atoms with Gasteiger partial charge in [0, 0.05) is 12.4 Å². The molecule has 1 rings (SSSR count). The van der Waals surface area contributed by atoms with Crippen molar-refractivity contribution in [2.24, 2.45) is 4.99 Å². The molecular formula is C11H15NS. The molecule has 1 aromatic heterocycles. The zero-order valence-corrected chi connectivity index (χ0v) is 8.97. The summed E-state index contributed by atoms with van der Waals surface area (Å²) in [6.45, 7) is 11.3. The Hall–Kier alpha value is -1.15. The van der Waals surface area contributed by atoms with E-state index in [1.807, 2.05) is 30.7 Å². The Morgan fingerprint density at radius 2 is 2.23 bits per heavy atom. The topological polar surface area (TPSA) is 12.4 Å². The van der Waals surface area contributed by atoms with Gasteiger partial charge in [-0.15, -0.1) is 0 Å². The average Bonchev–Trinajstić information content (AvgIpc) is 2.70. The fourth-order valence-corrected chi connectivity index (χ4v) is 1.34. The van der Waals surface area contributed by atoms with Crippen molar-refractivity contribution in [2.75, 3.05) is 0 Å². The lowest BCUT2D eigenvalue weighted by atomic mass is 10.2. The molecule has 1 aromatic rings. The van der Waals surface area contributed by atoms with Gasteiger partial charge in [0.1, 0.15) is 0 Å². The second-order valence-electron chi connectivity index (χ2n) is 2.00. The van der Waals surface area contributed by atoms with Crippen molar-refractivity contribution in [2.45, 2.75) is 13.8 Å². The van der Waals surface area contributed by atoms with Crippen molar-refractivity contribution in [3.8, 4) is 0 Å². The Morgan fingerprint density at radius 1 is 1.54 bits per heavy atom. The molecule has 0 aliphatic heterocycles. The molecule has 0 amide bonds. The van der Waals surface area contributed by atoms with Crippen molar-refractivity contribution in [3.63, 3.8) is 0 Å². The van der Waals surface area contributed by atoms with Crippen LogP contribution in [0.3, 0.4) is 0 Å². The standard InChI is InChI=1S/C9H9NS.C2H6/c1-3-10-6-8(2)9-4-5-11-7-9;1-2/h3-7H,1-2H2;1-2H3. The minimum absolute atomic E-state index is 0.922. The number of nitrogens with zero attached hydrogens (tertiary/aromatic N) is 1. The van der Waals surface area contributed by atoms with Gasteiger partial charge >= 0.3 is 0 Å². The lowest BCUT2D eigenvalue weighted by Gasteiger charge is -1.90. The maximum absolute atomic E-state index is 3.87. The molecule has 0 bridgehead atoms. The van der Waals surface area contributed by atoms with E-state index in [1.165, 1.54) is 6.20 Å². The van der Waals surface area contributed by atoms with Gasteiger partial charge in [0.15, 0.2) is 0 Å². The van der Waals surface area contributed by atoms with Crippen molar-refractivity contribution in [1.82, 2.24) is 0 Å². The molecule has 0 unspecified atom stereocenters. The third kappa shape index (κ3) is 4.43. The van der Waals surface area contributed by atoms with Gasteiger partial charge in [0.25, 0.3) is 0 Å². The normalized spacial score (nSPS) is 9.08. The molecular weight excluding hydrogens is 178 g/mol. The number of hydrogen-bond acceptors (Lipinski definition) is 2. The maximum Gasteiger partial charge on any atom is 0.0340 e. The highest BCUT2D eigenvalue weighted by Crippen LogP contribution is 2.13. The Labute approximate surface area is 84.1 Å². The summed E-state index contributed by atoms with van der Waals surface area (Å²) in [5.74, 6) is 0. The lowest BCUT2D eigenvalue weighted by Crippen LogP contribution is -1.77. The summed E-state index contributed by atoms with van der Waals surface area (Å²) in [4.78, 5) is 3.87. The maximum atomic E-state index is 3.87. The van der Waals surface area contributed by atoms with Crippen LogP contribution in [0.4, 0.5) is 0 Å². The molecule has 13 heavy (non-hydrogen) atoms. The van der Waals surface area contributed by atoms with E-state index in [-0.39, 0.29) is 0 Å². The van der Waals surface area contributed by atoms with Crippen molar-refractivity contribution in [3.05, 3.63) is 41.7 Å². The van der Waals surface area contributed by atoms with Crippen LogP contribution >= 0.6 is 11.3 Å². The Bertz CT molecular complexity index is 270. The third-order valence-electron chi connectivity index (χ3n) is 1.23. The van der Waals surface area contributed by atoms with Crippen LogP contribution in [0, 0.1) is 0 Å². The molecule has 0 aromatic carbocycles. The Morgan fingerprint density at radius 3 is 2.69 bits per heavy atom. The second kappa shape index (κ2) is 7.50. The highest BCUT2D eigenvalue weighted by Gasteiger charge is 1.93. The smallest absolute Gasteiger partial charge is 0.0340 e. The monoisotopic (exact) mass is 193 g/mol. The molecule has 1 nitrogen and oxygen atoms in total. The van der Waals surface area contributed by atoms with E-state index in [0.29, 0.717) is 0 Å². The van der Waals surface area contributed by atoms with E-state index in [0.717, 1.165) is 11.1 Å². The van der Waals surface area contributed by atoms with Crippen LogP contribution < -0.4 is 0 Å². The summed E-state index contributed by atoms with van der Waals surface area (Å²) in [6.07, 6.45) is 3.20. The van der Waals surface area contributed by atoms with Gasteiger partial charge < -0.3 is 0 Å². The first-order valence-corrected chi connectivity index (χ1v) is 5.14. The van der Waals surface area contributed by atoms with Crippen LogP contribution in [0.5, 0.6) is 0 Å². The summed E-state index contributed by atoms with van der Waals surface area (Å²) >= 11 is 1.65. The number of rotatable bonds is 3. The van der Waals surface area contributed by atoms with Crippen LogP contribution in [0.25, 0.3) is 5.57 Å². The van der Waals surface area contributed by atoms with E-state index >= 15 is 0 Å². The predicted molar refractivity (Wildman–Crippen MR) is 63.4 cm³/mol. The Kier molecular flexibility index (Phi) is 6.83. The first-order valence-electron chi connectivity index (χ1n) is 4.20. The van der Waals surface area contributed by atoms with E-state index in [9.17, 15) is 0 Å². The minimum atomic E-state index is 0.922. The SMILES string of the molecule is C=CN=CC(=C)c1ccsc1.CC. The Balaban J connectivity index is 0.000000671. The van der Waals surface area contributed by atoms with Crippen molar-refractivity contribution < 1.29 is 0 Å². The summed E-state index contributed by atoms with van der Waals surface area (Å²) in [6, 6.07) is 2.02. The molecule has 0 N–H and O–H groups in total. The lowest BCUT2D eigenvalue weighted by molar-refractivity contribution is 1.50. The molecule has 2 heteroatoms. The van der Waals surface area contributed by atoms with Crippen molar-refractivity contribution >= 4 is 23.1 Å². The molecule has 70 valence electrons. The molecule has 0 saturated heterocycles. The van der Waals surface area contributed by atoms with E-state index in [1.54, 1.807) is 17.6 Å². The van der Waals surface area contributed by atoms with Gasteiger partial charge in [-0.05, 0) is 28.0 Å². The molecule has 0 spiro atoms. The van der Waals surface area contributed by atoms with Crippen LogP contribution in [0.15, 0.2) is 41.2 Å². The van der Waals surface area contributed by atoms with Gasteiger partial charge in [-0.3, -0.25) is 4.99 Å². The van der Waals surface area contributed by atoms with Crippen molar-refractivity contribution in [1.29, 1.82) is 0 Å². The number of hydrogen-bond donors (Lipinski definition) is 0. The molecule has 0 saturated carbocycles. The third-order valence-corrected chi connectivity index (χ3v) is 1.91. The molecule has 0 aliphatic rings. The first kappa shape index (κ1) is 11.8. The summed E-state index contributed by atoms with van der Waals surface area (Å²) in [5.41, 5.74) is 2.05. The van der Waals surface area contributed by atoms with Gasteiger partial charge in [-0.25, -0.2) is 0 Å². The number of allylic oxidation sites excluding steroid dienone is 1. The summed E-state index contributed by atoms with van der Waals surface area (Å²) in [5, 5.41) is 4.06. The predicted octanol–water partition coefficient (Wildman–Crippen LogP) is 4.00. The largest absolute Gasteiger partial charge is 0.265 e. The minimum Gasteiger partial charge on any atom is -0.265 e. The molecule has 0 fully saturated rings. The number of aliphatic imine (C=N–C) groups is 1. The summed E-state index contributed by atoms with van der Waals surface area (Å²) in [7, 11) is 0. The highest BCUT2D eigenvalue weighted by atomic mass is 32.1. The van der Waals surface area contributed by atoms with E-state index < -0.39 is 0 Å². The van der Waals surface area contributed by atoms with E-state index in [4.69, 9.17) is 0 Å². The second-order valence-corrected chi connectivity index (χ2v) is 2.78. The van der Waals surface area contributed by atoms with Gasteiger partial charge in [-0.2, -0.15) is 11.3 Å². The van der Waals surface area contributed by atoms with E-state index in [2.05, 4.69) is 18.2 Å². The average molecular weight is 193 g/mol. The fourth-order valence-electron chi connectivity index (χ4n) is 0.664. The highest BCUT2D eigenvalue weighted by molar-refractivity contribution is 7.08. The zero-order chi connectivity index (χ0) is 10.1. The fraction of sp³-hybridized carbons (Fsp3) is 0.182. The van der Waals surface area contributed by atoms with Crippen LogP contribution in [-0.4, -0.2) is 6.21 Å². The van der Waals surface area contributed by atoms with Crippen LogP contribution in [0.1, 0.15) is 19.4 Å². The van der Waals surface area contributed by atoms with Crippen LogP contribution in [0.2, 0.25) is 0 Å². The number of thiophene rings is 1. The van der Waals surface area contributed by atoms with Gasteiger partial charge in [0.2, 0.25) is 0 Å².